The molecule has 5 heterocycles. The fraction of sp³-hybridized carbons (Fsp3) is 0.323. The first-order valence-corrected chi connectivity index (χ1v) is 29.6. The summed E-state index contributed by atoms with van der Waals surface area (Å²) < 4.78 is 130. The van der Waals surface area contributed by atoms with Gasteiger partial charge in [-0.15, -0.1) is 34.0 Å². The Bertz CT molecular complexity index is 3700. The number of carbonyl (C=O) groups is 3. The van der Waals surface area contributed by atoms with Crippen LogP contribution in [0, 0.1) is 0 Å². The zero-order chi connectivity index (χ0) is 61.0. The molecule has 13 nitrogen and oxygen atoms in total. The Morgan fingerprint density at radius 1 is 0.534 bits per heavy atom. The van der Waals surface area contributed by atoms with E-state index in [0.717, 1.165) is 122 Å². The van der Waals surface area contributed by atoms with E-state index in [0.29, 0.717) is 80.1 Å². The van der Waals surface area contributed by atoms with Gasteiger partial charge in [0, 0.05) is 110 Å². The van der Waals surface area contributed by atoms with Gasteiger partial charge < -0.3 is 24.8 Å². The van der Waals surface area contributed by atoms with Crippen molar-refractivity contribution in [3.8, 4) is 43.2 Å². The number of aliphatic carboxylic acids is 1. The van der Waals surface area contributed by atoms with Crippen molar-refractivity contribution in [1.29, 1.82) is 0 Å². The number of carboxylic acid groups (broad SMARTS) is 1. The number of ether oxygens (including phenoxy) is 3. The maximum absolute atomic E-state index is 12.8. The van der Waals surface area contributed by atoms with Gasteiger partial charge in [0.2, 0.25) is 11.2 Å². The van der Waals surface area contributed by atoms with E-state index in [1.807, 2.05) is 36.5 Å². The number of aldehydes is 1. The maximum Gasteiger partial charge on any atom is 1.00 e. The monoisotopic (exact) mass is 1290 g/mol. The van der Waals surface area contributed by atoms with Crippen LogP contribution in [0.5, 0.6) is 11.5 Å². The molecule has 2 aliphatic carbocycles. The van der Waals surface area contributed by atoms with Crippen LogP contribution in [-0.2, 0) is 71.6 Å². The van der Waals surface area contributed by atoms with Gasteiger partial charge >= 0.3 is 60.0 Å². The average molecular weight is 1290 g/mol. The number of methoxy groups -OCH3 is 1. The molecule has 0 saturated heterocycles. The van der Waals surface area contributed by atoms with Gasteiger partial charge in [-0.2, -0.15) is 39.5 Å². The topological polar surface area (TPSA) is 174 Å². The summed E-state index contributed by atoms with van der Waals surface area (Å²) in [6, 6.07) is 26.8. The molecule has 0 amide bonds. The molecule has 458 valence electrons. The molecule has 2 fully saturated rings. The van der Waals surface area contributed by atoms with Crippen LogP contribution in [0.15, 0.2) is 128 Å². The number of alkyl halides is 9. The predicted molar refractivity (Wildman–Crippen MR) is 308 cm³/mol. The van der Waals surface area contributed by atoms with Gasteiger partial charge in [-0.1, -0.05) is 48.5 Å². The van der Waals surface area contributed by atoms with Gasteiger partial charge in [-0.05, 0) is 109 Å². The van der Waals surface area contributed by atoms with Crippen molar-refractivity contribution < 1.29 is 108 Å². The zero-order valence-electron chi connectivity index (χ0n) is 47.3. The van der Waals surface area contributed by atoms with Gasteiger partial charge in [0.05, 0.1) is 28.7 Å². The molecule has 0 unspecified atom stereocenters. The van der Waals surface area contributed by atoms with Crippen LogP contribution in [0.3, 0.4) is 0 Å². The molecule has 12 rings (SSSR count). The third-order valence-electron chi connectivity index (χ3n) is 15.0. The summed E-state index contributed by atoms with van der Waals surface area (Å²) in [4.78, 5) is 54.0. The van der Waals surface area contributed by atoms with Crippen LogP contribution in [0.1, 0.15) is 84.1 Å². The van der Waals surface area contributed by atoms with Crippen molar-refractivity contribution in [2.45, 2.75) is 94.2 Å². The van der Waals surface area contributed by atoms with Gasteiger partial charge in [-0.25, -0.2) is 24.5 Å². The summed E-state index contributed by atoms with van der Waals surface area (Å²) in [6.07, 6.45) is -1.47. The Labute approximate surface area is 533 Å². The third kappa shape index (κ3) is 16.8. The number of aromatic nitrogens is 3. The van der Waals surface area contributed by atoms with Crippen molar-refractivity contribution in [3.05, 3.63) is 181 Å². The molecule has 0 bridgehead atoms. The molecule has 0 radical (unpaired) electrons. The molecule has 0 spiro atoms. The zero-order valence-corrected chi connectivity index (χ0v) is 51.8. The van der Waals surface area contributed by atoms with Crippen LogP contribution < -0.4 is 39.0 Å². The number of rotatable bonds is 14. The molecule has 88 heavy (non-hydrogen) atoms. The Balaban J connectivity index is 0.000000179. The average Bonchev–Trinajstić information content (AvgIpc) is 1.87. The van der Waals surface area contributed by atoms with E-state index >= 15 is 0 Å². The summed E-state index contributed by atoms with van der Waals surface area (Å²) in [7, 11) is 1.38. The van der Waals surface area contributed by atoms with Gasteiger partial charge in [0.25, 0.3) is 0 Å². The van der Waals surface area contributed by atoms with Gasteiger partial charge in [-0.3, -0.25) is 14.6 Å². The quantitative estimate of drug-likeness (QED) is 0.0472. The number of nitrogens with zero attached hydrogens (tertiary/aromatic N) is 5. The SMILES string of the molecule is COC(=O)C1(Oc2ccc3c(c2)CCN(Cc2cnc(-c4ccc(C(F)(F)F)cc4)s2)CC3)CC1.O=C(O)C1(Oc2ccc3c(c2)CCN(Cc2cnc(-c4ccc(C(F)(F)F)cc4)s2)CC3)CC1.O=Cc1cnc(-c2ccc(C(F)(F)F)cc2)s1.[Na+].[OH-]. The van der Waals surface area contributed by atoms with Crippen molar-refractivity contribution in [3.63, 3.8) is 0 Å². The van der Waals surface area contributed by atoms with Crippen LogP contribution in [-0.4, -0.2) is 98.1 Å². The summed E-state index contributed by atoms with van der Waals surface area (Å²) in [6.45, 7) is 4.94. The second-order valence-corrected chi connectivity index (χ2v) is 24.4. The number of hydrogen-bond donors (Lipinski definition) is 1. The molecule has 2 aliphatic heterocycles. The Morgan fingerprint density at radius 2 is 0.886 bits per heavy atom. The number of carbonyl (C=O) groups excluding carboxylic acids is 2. The molecule has 8 aromatic rings. The first-order valence-electron chi connectivity index (χ1n) is 27.2. The number of halogens is 9. The molecule has 26 heteroatoms. The second kappa shape index (κ2) is 28.1. The molecule has 2 N–H and O–H groups in total. The summed E-state index contributed by atoms with van der Waals surface area (Å²) in [5, 5.41) is 11.3. The summed E-state index contributed by atoms with van der Waals surface area (Å²) >= 11 is 4.14. The maximum atomic E-state index is 12.8. The van der Waals surface area contributed by atoms with Crippen LogP contribution in [0.4, 0.5) is 39.5 Å². The van der Waals surface area contributed by atoms with E-state index in [1.54, 1.807) is 6.20 Å². The van der Waals surface area contributed by atoms with E-state index in [4.69, 9.17) is 14.2 Å². The van der Waals surface area contributed by atoms with E-state index in [-0.39, 0.29) is 41.0 Å². The van der Waals surface area contributed by atoms with Crippen LogP contribution in [0.25, 0.3) is 31.7 Å². The number of thiazole rings is 3. The Kier molecular flexibility index (Phi) is 21.5. The van der Waals surface area contributed by atoms with Crippen molar-refractivity contribution >= 4 is 52.2 Å². The predicted octanol–water partition coefficient (Wildman–Crippen LogP) is 11.4. The molecular formula is C62H55F9N5NaO8S3. The molecule has 4 aliphatic rings. The third-order valence-corrected chi connectivity index (χ3v) is 18.0. The summed E-state index contributed by atoms with van der Waals surface area (Å²) in [5.41, 5.74) is 2.94. The number of benzene rings is 5. The molecular weight excluding hydrogens is 1230 g/mol. The Hall–Kier alpha value is -6.55. The molecule has 0 atom stereocenters. The largest absolute Gasteiger partial charge is 1.00 e. The molecule has 3 aromatic heterocycles. The minimum absolute atomic E-state index is 0. The van der Waals surface area contributed by atoms with Gasteiger partial charge in [0.1, 0.15) is 26.5 Å². The Morgan fingerprint density at radius 3 is 1.22 bits per heavy atom. The van der Waals surface area contributed by atoms with Crippen molar-refractivity contribution in [2.75, 3.05) is 33.3 Å². The van der Waals surface area contributed by atoms with E-state index in [2.05, 4.69) is 30.8 Å². The van der Waals surface area contributed by atoms with Crippen LogP contribution in [0.2, 0.25) is 0 Å². The second-order valence-electron chi connectivity index (χ2n) is 21.1. The smallest absolute Gasteiger partial charge is 0.870 e. The van der Waals surface area contributed by atoms with Crippen LogP contribution >= 0.6 is 34.0 Å². The minimum Gasteiger partial charge on any atom is -0.870 e. The van der Waals surface area contributed by atoms with E-state index < -0.39 is 52.4 Å². The fourth-order valence-corrected chi connectivity index (χ4v) is 12.5. The molecule has 2 saturated carbocycles. The standard InChI is InChI=1S/C26H25F3N2O3S.C25H23F3N2O3S.C11H6F3NOS.Na.H2O/c1-33-24(32)25(10-11-25)34-21-7-4-17-8-12-31(13-9-19(17)14-21)16-22-15-30-23(35-22)18-2-5-20(6-3-18)26(27,28)29;26-25(27,28)19-4-1-17(2-5-19)22-29-14-21(34-22)15-30-11-7-16-3-6-20(13-18(16)8-12-30)33-24(9-10-24)23(31)32;12-11(13,14)8-3-1-7(2-4-8)10-15-5-9(6-16)17-10;;/h2-7,14-15H,8-13,16H2,1H3;1-6,13-14H,7-12,15H2,(H,31,32);1-6H;;1H2/q;;;+1;/p-1. The normalized spacial score (nSPS) is 15.9. The number of esters is 1. The fourth-order valence-electron chi connectivity index (χ4n) is 9.86. The minimum atomic E-state index is -4.35. The van der Waals surface area contributed by atoms with Gasteiger partial charge in [0.15, 0.2) is 6.29 Å². The van der Waals surface area contributed by atoms with E-state index in [9.17, 15) is 59.0 Å². The first kappa shape index (κ1) is 67.4. The number of hydrogen-bond acceptors (Lipinski definition) is 15. The van der Waals surface area contributed by atoms with E-state index in [1.165, 1.54) is 94.6 Å². The van der Waals surface area contributed by atoms with Crippen molar-refractivity contribution in [2.24, 2.45) is 0 Å². The summed E-state index contributed by atoms with van der Waals surface area (Å²) in [5.74, 6) is 0.0761. The number of fused-ring (bicyclic) bond motifs is 2. The first-order chi connectivity index (χ1) is 41.0. The molecule has 5 aromatic carbocycles. The number of carboxylic acids is 1. The van der Waals surface area contributed by atoms with Crippen molar-refractivity contribution in [1.82, 2.24) is 24.8 Å².